The Morgan fingerprint density at radius 1 is 1.14 bits per heavy atom. The maximum atomic E-state index is 12.2. The predicted molar refractivity (Wildman–Crippen MR) is 103 cm³/mol. The SMILES string of the molecule is CNC(=O)c1nnc(Nc2ccn(C)n2)cc1Nc1ncccc1S(C)(=O)=O. The van der Waals surface area contributed by atoms with Crippen molar-refractivity contribution < 1.29 is 13.2 Å². The Morgan fingerprint density at radius 2 is 1.93 bits per heavy atom. The molecule has 3 aromatic rings. The van der Waals surface area contributed by atoms with Gasteiger partial charge in [-0.3, -0.25) is 9.48 Å². The molecule has 0 saturated carbocycles. The van der Waals surface area contributed by atoms with Crippen LogP contribution >= 0.6 is 0 Å². The molecule has 0 atom stereocenters. The van der Waals surface area contributed by atoms with Gasteiger partial charge >= 0.3 is 0 Å². The van der Waals surface area contributed by atoms with Crippen LogP contribution in [0.25, 0.3) is 0 Å². The zero-order valence-electron chi connectivity index (χ0n) is 15.3. The van der Waals surface area contributed by atoms with Crippen molar-refractivity contribution in [2.24, 2.45) is 7.05 Å². The monoisotopic (exact) mass is 402 g/mol. The van der Waals surface area contributed by atoms with Crippen LogP contribution in [-0.4, -0.2) is 52.6 Å². The van der Waals surface area contributed by atoms with E-state index >= 15 is 0 Å². The van der Waals surface area contributed by atoms with Gasteiger partial charge in [-0.05, 0) is 12.1 Å². The number of carbonyl (C=O) groups is 1. The zero-order chi connectivity index (χ0) is 20.3. The number of nitrogens with one attached hydrogen (secondary N) is 3. The molecule has 3 rings (SSSR count). The summed E-state index contributed by atoms with van der Waals surface area (Å²) in [5.41, 5.74) is 0.218. The fraction of sp³-hybridized carbons (Fsp3) is 0.188. The molecule has 0 unspecified atom stereocenters. The first-order valence-electron chi connectivity index (χ1n) is 8.06. The Labute approximate surface area is 161 Å². The summed E-state index contributed by atoms with van der Waals surface area (Å²) >= 11 is 0. The van der Waals surface area contributed by atoms with Gasteiger partial charge in [0.15, 0.2) is 27.2 Å². The second-order valence-corrected chi connectivity index (χ2v) is 7.80. The number of hydrogen-bond donors (Lipinski definition) is 3. The molecule has 0 saturated heterocycles. The van der Waals surface area contributed by atoms with Gasteiger partial charge in [-0.15, -0.1) is 10.2 Å². The highest BCUT2D eigenvalue weighted by Gasteiger charge is 2.19. The summed E-state index contributed by atoms with van der Waals surface area (Å²) in [6, 6.07) is 6.20. The normalized spacial score (nSPS) is 11.1. The molecule has 1 amide bonds. The van der Waals surface area contributed by atoms with Crippen LogP contribution in [0, 0.1) is 0 Å². The summed E-state index contributed by atoms with van der Waals surface area (Å²) in [6.07, 6.45) is 4.27. The fourth-order valence-corrected chi connectivity index (χ4v) is 3.14. The van der Waals surface area contributed by atoms with Crippen LogP contribution in [-0.2, 0) is 16.9 Å². The van der Waals surface area contributed by atoms with Crippen molar-refractivity contribution >= 4 is 38.9 Å². The van der Waals surface area contributed by atoms with Crippen LogP contribution in [0.2, 0.25) is 0 Å². The molecule has 0 aromatic carbocycles. The van der Waals surface area contributed by atoms with Gasteiger partial charge in [0.25, 0.3) is 5.91 Å². The third-order valence-electron chi connectivity index (χ3n) is 3.63. The maximum Gasteiger partial charge on any atom is 0.273 e. The third kappa shape index (κ3) is 4.23. The van der Waals surface area contributed by atoms with Gasteiger partial charge in [-0.25, -0.2) is 13.4 Å². The van der Waals surface area contributed by atoms with Gasteiger partial charge < -0.3 is 16.0 Å². The Hall–Kier alpha value is -3.54. The minimum atomic E-state index is -3.54. The lowest BCUT2D eigenvalue weighted by molar-refractivity contribution is 0.0958. The maximum absolute atomic E-state index is 12.2. The van der Waals surface area contributed by atoms with Gasteiger partial charge in [0, 0.05) is 44.9 Å². The molecular weight excluding hydrogens is 384 g/mol. The van der Waals surface area contributed by atoms with Crippen molar-refractivity contribution in [3.8, 4) is 0 Å². The highest BCUT2D eigenvalue weighted by molar-refractivity contribution is 7.90. The average Bonchev–Trinajstić information content (AvgIpc) is 3.05. The number of carbonyl (C=O) groups excluding carboxylic acids is 1. The highest BCUT2D eigenvalue weighted by atomic mass is 32.2. The predicted octanol–water partition coefficient (Wildman–Crippen LogP) is 0.855. The number of anilines is 4. The lowest BCUT2D eigenvalue weighted by Gasteiger charge is -2.13. The number of amides is 1. The van der Waals surface area contributed by atoms with Crippen molar-refractivity contribution in [1.29, 1.82) is 0 Å². The van der Waals surface area contributed by atoms with Crippen LogP contribution in [0.3, 0.4) is 0 Å². The third-order valence-corrected chi connectivity index (χ3v) is 4.76. The van der Waals surface area contributed by atoms with E-state index in [1.54, 1.807) is 24.0 Å². The van der Waals surface area contributed by atoms with E-state index in [1.165, 1.54) is 31.4 Å². The largest absolute Gasteiger partial charge is 0.354 e. The van der Waals surface area contributed by atoms with Crippen molar-refractivity contribution in [3.05, 3.63) is 42.4 Å². The number of rotatable bonds is 6. The number of sulfone groups is 1. The quantitative estimate of drug-likeness (QED) is 0.546. The smallest absolute Gasteiger partial charge is 0.273 e. The molecule has 3 aromatic heterocycles. The van der Waals surface area contributed by atoms with E-state index in [0.29, 0.717) is 11.6 Å². The topological polar surface area (TPSA) is 144 Å². The molecule has 28 heavy (non-hydrogen) atoms. The second-order valence-electron chi connectivity index (χ2n) is 5.82. The second kappa shape index (κ2) is 7.60. The van der Waals surface area contributed by atoms with Gasteiger partial charge in [0.1, 0.15) is 10.7 Å². The lowest BCUT2D eigenvalue weighted by Crippen LogP contribution is -2.22. The first-order valence-corrected chi connectivity index (χ1v) is 9.95. The van der Waals surface area contributed by atoms with E-state index < -0.39 is 15.7 Å². The van der Waals surface area contributed by atoms with Crippen molar-refractivity contribution in [2.45, 2.75) is 4.90 Å². The van der Waals surface area contributed by atoms with Crippen LogP contribution in [0.1, 0.15) is 10.5 Å². The number of aryl methyl sites for hydroxylation is 1. The minimum absolute atomic E-state index is 0.00564. The van der Waals surface area contributed by atoms with Gasteiger partial charge in [0.2, 0.25) is 0 Å². The summed E-state index contributed by atoms with van der Waals surface area (Å²) in [5, 5.41) is 20.4. The molecule has 0 bridgehead atoms. The summed E-state index contributed by atoms with van der Waals surface area (Å²) < 4.78 is 25.6. The number of hydrogen-bond acceptors (Lipinski definition) is 9. The summed E-state index contributed by atoms with van der Waals surface area (Å²) in [6.45, 7) is 0. The minimum Gasteiger partial charge on any atom is -0.354 e. The molecule has 146 valence electrons. The molecule has 3 N–H and O–H groups in total. The standard InChI is InChI=1S/C16H18N8O3S/c1-17-16(25)14-10(19-15-11(28(3,26)27)5-4-7-18-15)9-13(21-22-14)20-12-6-8-24(2)23-12/h4-9H,1-3H3,(H,17,25)(H2,18,19,20,21,23). The highest BCUT2D eigenvalue weighted by Crippen LogP contribution is 2.26. The molecule has 12 heteroatoms. The van der Waals surface area contributed by atoms with Crippen LogP contribution in [0.4, 0.5) is 23.1 Å². The zero-order valence-corrected chi connectivity index (χ0v) is 16.1. The van der Waals surface area contributed by atoms with Gasteiger partial charge in [-0.1, -0.05) is 0 Å². The van der Waals surface area contributed by atoms with Crippen LogP contribution < -0.4 is 16.0 Å². The van der Waals surface area contributed by atoms with Crippen molar-refractivity contribution in [1.82, 2.24) is 30.3 Å². The summed E-state index contributed by atoms with van der Waals surface area (Å²) in [4.78, 5) is 16.2. The number of aromatic nitrogens is 5. The lowest BCUT2D eigenvalue weighted by atomic mass is 10.3. The Balaban J connectivity index is 2.02. The summed E-state index contributed by atoms with van der Waals surface area (Å²) in [7, 11) is -0.313. The van der Waals surface area contributed by atoms with E-state index in [0.717, 1.165) is 6.26 Å². The van der Waals surface area contributed by atoms with E-state index in [-0.39, 0.29) is 22.1 Å². The first kappa shape index (κ1) is 19.2. The van der Waals surface area contributed by atoms with E-state index in [1.807, 2.05) is 0 Å². The molecular formula is C16H18N8O3S. The van der Waals surface area contributed by atoms with E-state index in [2.05, 4.69) is 36.2 Å². The Bertz CT molecular complexity index is 1130. The molecule has 11 nitrogen and oxygen atoms in total. The van der Waals surface area contributed by atoms with Crippen LogP contribution in [0.5, 0.6) is 0 Å². The van der Waals surface area contributed by atoms with Crippen LogP contribution in [0.15, 0.2) is 41.6 Å². The van der Waals surface area contributed by atoms with E-state index in [4.69, 9.17) is 0 Å². The first-order chi connectivity index (χ1) is 13.3. The van der Waals surface area contributed by atoms with Crippen molar-refractivity contribution in [3.63, 3.8) is 0 Å². The average molecular weight is 402 g/mol. The molecule has 0 spiro atoms. The number of pyridine rings is 1. The Kier molecular flexibility index (Phi) is 5.22. The van der Waals surface area contributed by atoms with E-state index in [9.17, 15) is 13.2 Å². The number of nitrogens with zero attached hydrogens (tertiary/aromatic N) is 5. The Morgan fingerprint density at radius 3 is 2.57 bits per heavy atom. The fourth-order valence-electron chi connectivity index (χ4n) is 2.36. The molecule has 0 aliphatic carbocycles. The molecule has 0 aliphatic rings. The molecule has 3 heterocycles. The van der Waals surface area contributed by atoms with Gasteiger partial charge in [0.05, 0.1) is 5.69 Å². The van der Waals surface area contributed by atoms with Gasteiger partial charge in [-0.2, -0.15) is 5.10 Å². The van der Waals surface area contributed by atoms with Crippen molar-refractivity contribution in [2.75, 3.05) is 23.9 Å². The molecule has 0 aliphatic heterocycles. The molecule has 0 fully saturated rings. The summed E-state index contributed by atoms with van der Waals surface area (Å²) in [5.74, 6) is 0.430. The molecule has 0 radical (unpaired) electrons.